The summed E-state index contributed by atoms with van der Waals surface area (Å²) in [5, 5.41) is 0. The fraction of sp³-hybridized carbons (Fsp3) is 0.261. The van der Waals surface area contributed by atoms with Crippen LogP contribution in [0.5, 0.6) is 11.5 Å². The lowest BCUT2D eigenvalue weighted by Crippen LogP contribution is -2.35. The maximum Gasteiger partial charge on any atom is 0.416 e. The van der Waals surface area contributed by atoms with E-state index in [2.05, 4.69) is 0 Å². The molecule has 1 amide bonds. The first-order valence-corrected chi connectivity index (χ1v) is 9.60. The highest BCUT2D eigenvalue weighted by Gasteiger charge is 2.31. The fourth-order valence-electron chi connectivity index (χ4n) is 3.67. The Morgan fingerprint density at radius 2 is 1.71 bits per heavy atom. The van der Waals surface area contributed by atoms with E-state index < -0.39 is 11.7 Å². The van der Waals surface area contributed by atoms with Crippen molar-refractivity contribution in [2.24, 2.45) is 0 Å². The van der Waals surface area contributed by atoms with E-state index in [1.54, 1.807) is 19.1 Å². The first kappa shape index (κ1) is 20.8. The van der Waals surface area contributed by atoms with Gasteiger partial charge in [0.1, 0.15) is 5.76 Å². The fourth-order valence-corrected chi connectivity index (χ4v) is 3.67. The van der Waals surface area contributed by atoms with Gasteiger partial charge in [-0.3, -0.25) is 4.79 Å². The molecule has 1 aliphatic rings. The maximum atomic E-state index is 13.0. The number of alkyl halides is 3. The maximum absolute atomic E-state index is 13.0. The quantitative estimate of drug-likeness (QED) is 0.571. The second-order valence-electron chi connectivity index (χ2n) is 7.20. The molecule has 8 heteroatoms. The van der Waals surface area contributed by atoms with Gasteiger partial charge in [0.15, 0.2) is 17.3 Å². The molecule has 0 bridgehead atoms. The second-order valence-corrected chi connectivity index (χ2v) is 7.20. The molecule has 4 rings (SSSR count). The number of halogens is 3. The summed E-state index contributed by atoms with van der Waals surface area (Å²) in [5.74, 6) is 1.19. The van der Waals surface area contributed by atoms with Crippen LogP contribution in [-0.2, 0) is 19.1 Å². The molecule has 0 unspecified atom stereocenters. The van der Waals surface area contributed by atoms with Crippen molar-refractivity contribution in [1.82, 2.24) is 4.90 Å². The van der Waals surface area contributed by atoms with Gasteiger partial charge in [0, 0.05) is 18.7 Å². The Bertz CT molecular complexity index is 1120. The third-order valence-electron chi connectivity index (χ3n) is 5.30. The Balaban J connectivity index is 1.55. The van der Waals surface area contributed by atoms with E-state index in [1.165, 1.54) is 24.3 Å². The number of hydrogen-bond donors (Lipinski definition) is 0. The van der Waals surface area contributed by atoms with Crippen LogP contribution in [0.2, 0.25) is 0 Å². The van der Waals surface area contributed by atoms with Crippen LogP contribution in [0.1, 0.15) is 27.2 Å². The van der Waals surface area contributed by atoms with Gasteiger partial charge in [-0.25, -0.2) is 0 Å². The third kappa shape index (κ3) is 4.10. The van der Waals surface area contributed by atoms with E-state index in [0.29, 0.717) is 31.0 Å². The molecular weight excluding hydrogens is 411 g/mol. The molecule has 0 fully saturated rings. The molecule has 0 saturated carbocycles. The number of ether oxygens (including phenoxy) is 2. The Labute approximate surface area is 177 Å². The second kappa shape index (κ2) is 8.02. The van der Waals surface area contributed by atoms with E-state index in [4.69, 9.17) is 13.9 Å². The zero-order valence-electron chi connectivity index (χ0n) is 17.0. The molecule has 0 aliphatic carbocycles. The van der Waals surface area contributed by atoms with E-state index in [9.17, 15) is 18.0 Å². The monoisotopic (exact) mass is 431 g/mol. The number of methoxy groups -OCH3 is 2. The number of nitrogens with zero attached hydrogens (tertiary/aromatic N) is 1. The third-order valence-corrected chi connectivity index (χ3v) is 5.30. The zero-order chi connectivity index (χ0) is 22.2. The van der Waals surface area contributed by atoms with Crippen molar-refractivity contribution < 1.29 is 31.9 Å². The van der Waals surface area contributed by atoms with Crippen LogP contribution < -0.4 is 9.47 Å². The van der Waals surface area contributed by atoms with E-state index >= 15 is 0 Å². The molecule has 0 atom stereocenters. The van der Waals surface area contributed by atoms with Crippen LogP contribution in [0.25, 0.3) is 11.3 Å². The summed E-state index contributed by atoms with van der Waals surface area (Å²) in [6, 6.07) is 11.6. The van der Waals surface area contributed by atoms with Crippen LogP contribution in [0.3, 0.4) is 0 Å². The molecule has 0 radical (unpaired) electrons. The smallest absolute Gasteiger partial charge is 0.416 e. The normalized spacial score (nSPS) is 13.6. The number of furan rings is 1. The lowest BCUT2D eigenvalue weighted by atomic mass is 9.98. The van der Waals surface area contributed by atoms with Crippen molar-refractivity contribution in [2.75, 3.05) is 20.8 Å². The van der Waals surface area contributed by atoms with Crippen molar-refractivity contribution in [3.8, 4) is 22.8 Å². The molecule has 1 aliphatic heterocycles. The Morgan fingerprint density at radius 1 is 1.00 bits per heavy atom. The number of fused-ring (bicyclic) bond motifs is 1. The van der Waals surface area contributed by atoms with Crippen molar-refractivity contribution in [3.05, 3.63) is 71.0 Å². The molecule has 0 spiro atoms. The largest absolute Gasteiger partial charge is 0.493 e. The number of amides is 1. The molecule has 3 aromatic rings. The van der Waals surface area contributed by atoms with Crippen LogP contribution in [0.15, 0.2) is 52.9 Å². The van der Waals surface area contributed by atoms with E-state index in [1.807, 2.05) is 12.1 Å². The zero-order valence-corrected chi connectivity index (χ0v) is 17.0. The molecule has 2 heterocycles. The average molecular weight is 431 g/mol. The highest BCUT2D eigenvalue weighted by Crippen LogP contribution is 2.35. The summed E-state index contributed by atoms with van der Waals surface area (Å²) in [7, 11) is 3.12. The van der Waals surface area contributed by atoms with Crippen molar-refractivity contribution in [2.45, 2.75) is 19.1 Å². The van der Waals surface area contributed by atoms with Gasteiger partial charge in [-0.1, -0.05) is 12.1 Å². The van der Waals surface area contributed by atoms with Crippen molar-refractivity contribution in [1.29, 1.82) is 0 Å². The van der Waals surface area contributed by atoms with Crippen molar-refractivity contribution in [3.63, 3.8) is 0 Å². The van der Waals surface area contributed by atoms with Gasteiger partial charge in [0.25, 0.3) is 5.91 Å². The molecule has 31 heavy (non-hydrogen) atoms. The lowest BCUT2D eigenvalue weighted by Gasteiger charge is -2.29. The van der Waals surface area contributed by atoms with Gasteiger partial charge in [0.05, 0.1) is 19.8 Å². The molecule has 0 N–H and O–H groups in total. The summed E-state index contributed by atoms with van der Waals surface area (Å²) in [5.41, 5.74) is 1.51. The average Bonchev–Trinajstić information content (AvgIpc) is 3.27. The first-order valence-electron chi connectivity index (χ1n) is 9.60. The highest BCUT2D eigenvalue weighted by molar-refractivity contribution is 5.92. The lowest BCUT2D eigenvalue weighted by molar-refractivity contribution is -0.137. The van der Waals surface area contributed by atoms with Gasteiger partial charge in [-0.2, -0.15) is 13.2 Å². The Kier molecular flexibility index (Phi) is 5.39. The predicted molar refractivity (Wildman–Crippen MR) is 107 cm³/mol. The summed E-state index contributed by atoms with van der Waals surface area (Å²) < 4.78 is 55.2. The van der Waals surface area contributed by atoms with Gasteiger partial charge in [-0.15, -0.1) is 0 Å². The van der Waals surface area contributed by atoms with Gasteiger partial charge >= 0.3 is 6.18 Å². The molecule has 0 saturated heterocycles. The summed E-state index contributed by atoms with van der Waals surface area (Å²) >= 11 is 0. The highest BCUT2D eigenvalue weighted by atomic mass is 19.4. The summed E-state index contributed by atoms with van der Waals surface area (Å²) in [6.07, 6.45) is -3.81. The number of rotatable bonds is 4. The molecule has 2 aromatic carbocycles. The summed E-state index contributed by atoms with van der Waals surface area (Å²) in [4.78, 5) is 14.6. The van der Waals surface area contributed by atoms with Gasteiger partial charge in [-0.05, 0) is 53.9 Å². The topological polar surface area (TPSA) is 51.9 Å². The SMILES string of the molecule is COc1cc2c(cc1OC)CN(C(=O)c1ccc(-c3cccc(C(F)(F)F)c3)o1)CC2. The Morgan fingerprint density at radius 3 is 2.39 bits per heavy atom. The van der Waals surface area contributed by atoms with Crippen LogP contribution in [0.4, 0.5) is 13.2 Å². The number of carbonyl (C=O) groups excluding carboxylic acids is 1. The Hall–Kier alpha value is -3.42. The number of carbonyl (C=O) groups is 1. The van der Waals surface area contributed by atoms with E-state index in [-0.39, 0.29) is 23.0 Å². The van der Waals surface area contributed by atoms with Crippen molar-refractivity contribution >= 4 is 5.91 Å². The number of benzene rings is 2. The summed E-state index contributed by atoms with van der Waals surface area (Å²) in [6.45, 7) is 0.856. The van der Waals surface area contributed by atoms with Gasteiger partial charge in [0.2, 0.25) is 0 Å². The standard InChI is InChI=1S/C23H20F3NO4/c1-29-20-11-14-8-9-27(13-16(14)12-21(20)30-2)22(28)19-7-6-18(31-19)15-4-3-5-17(10-15)23(24,25)26/h3-7,10-12H,8-9,13H2,1-2H3. The number of hydrogen-bond acceptors (Lipinski definition) is 4. The minimum Gasteiger partial charge on any atom is -0.493 e. The minimum atomic E-state index is -4.45. The van der Waals surface area contributed by atoms with E-state index in [0.717, 1.165) is 23.3 Å². The van der Waals surface area contributed by atoms with Crippen LogP contribution in [0, 0.1) is 0 Å². The van der Waals surface area contributed by atoms with Crippen LogP contribution >= 0.6 is 0 Å². The molecule has 162 valence electrons. The molecular formula is C23H20F3NO4. The minimum absolute atomic E-state index is 0.0799. The first-order chi connectivity index (χ1) is 14.8. The van der Waals surface area contributed by atoms with Crippen LogP contribution in [-0.4, -0.2) is 31.6 Å². The molecule has 5 nitrogen and oxygen atoms in total. The molecule has 1 aromatic heterocycles. The van der Waals surface area contributed by atoms with Gasteiger partial charge < -0.3 is 18.8 Å². The predicted octanol–water partition coefficient (Wildman–Crippen LogP) is 5.18.